The van der Waals surface area contributed by atoms with E-state index in [9.17, 15) is 14.4 Å². The van der Waals surface area contributed by atoms with Crippen LogP contribution in [0.2, 0.25) is 0 Å². The number of amides is 3. The highest BCUT2D eigenvalue weighted by molar-refractivity contribution is 7.15. The van der Waals surface area contributed by atoms with Crippen molar-refractivity contribution in [3.8, 4) is 0 Å². The summed E-state index contributed by atoms with van der Waals surface area (Å²) in [7, 11) is 0. The van der Waals surface area contributed by atoms with Crippen LogP contribution < -0.4 is 10.2 Å². The Hall–Kier alpha value is -2.61. The maximum atomic E-state index is 12.7. The highest BCUT2D eigenvalue weighted by atomic mass is 32.1. The van der Waals surface area contributed by atoms with E-state index in [0.29, 0.717) is 16.4 Å². The Bertz CT molecular complexity index is 884. The Morgan fingerprint density at radius 1 is 1.11 bits per heavy atom. The van der Waals surface area contributed by atoms with Crippen LogP contribution in [0.5, 0.6) is 0 Å². The van der Waals surface area contributed by atoms with Crippen LogP contribution in [0.3, 0.4) is 0 Å². The smallest absolute Gasteiger partial charge is 0.257 e. The second kappa shape index (κ2) is 7.79. The molecule has 2 aliphatic rings. The number of hydrogen-bond donors (Lipinski definition) is 1. The van der Waals surface area contributed by atoms with Crippen molar-refractivity contribution < 1.29 is 14.4 Å². The van der Waals surface area contributed by atoms with Crippen molar-refractivity contribution >= 4 is 39.9 Å². The van der Waals surface area contributed by atoms with Crippen LogP contribution in [-0.2, 0) is 16.0 Å². The molecule has 8 heteroatoms. The van der Waals surface area contributed by atoms with Gasteiger partial charge in [0.2, 0.25) is 16.9 Å². The molecule has 7 nitrogen and oxygen atoms in total. The fourth-order valence-corrected chi connectivity index (χ4v) is 4.80. The van der Waals surface area contributed by atoms with Gasteiger partial charge in [-0.25, -0.2) is 0 Å². The number of hydrogen-bond acceptors (Lipinski definition) is 6. The summed E-state index contributed by atoms with van der Waals surface area (Å²) in [6, 6.07) is 6.57. The van der Waals surface area contributed by atoms with E-state index in [2.05, 4.69) is 22.4 Å². The molecule has 2 unspecified atom stereocenters. The monoisotopic (exact) mass is 398 g/mol. The minimum Gasteiger partial charge on any atom is -0.296 e. The van der Waals surface area contributed by atoms with Crippen LogP contribution in [0, 0.1) is 11.8 Å². The molecule has 2 heterocycles. The molecule has 2 atom stereocenters. The van der Waals surface area contributed by atoms with Gasteiger partial charge >= 0.3 is 0 Å². The fraction of sp³-hybridized carbons (Fsp3) is 0.450. The van der Waals surface area contributed by atoms with Crippen molar-refractivity contribution in [2.75, 3.05) is 10.2 Å². The number of nitrogens with zero attached hydrogens (tertiary/aromatic N) is 3. The SMILES string of the molecule is CCCc1nnc(NC(=O)c2ccc(N3C(=O)C4CCCCC4C3=O)cc2)s1. The molecule has 146 valence electrons. The second-order valence-corrected chi connectivity index (χ2v) is 8.32. The van der Waals surface area contributed by atoms with E-state index in [4.69, 9.17) is 0 Å². The van der Waals surface area contributed by atoms with Gasteiger partial charge in [-0.2, -0.15) is 0 Å². The predicted octanol–water partition coefficient (Wildman–Crippen LogP) is 3.42. The van der Waals surface area contributed by atoms with Gasteiger partial charge in [0.05, 0.1) is 17.5 Å². The molecule has 1 saturated heterocycles. The molecule has 1 aromatic carbocycles. The number of aromatic nitrogens is 2. The number of rotatable bonds is 5. The van der Waals surface area contributed by atoms with Crippen molar-refractivity contribution in [1.82, 2.24) is 10.2 Å². The van der Waals surface area contributed by atoms with Crippen molar-refractivity contribution in [3.63, 3.8) is 0 Å². The van der Waals surface area contributed by atoms with Gasteiger partial charge in [0.1, 0.15) is 5.01 Å². The van der Waals surface area contributed by atoms with Crippen LogP contribution in [-0.4, -0.2) is 27.9 Å². The third-order valence-corrected chi connectivity index (χ3v) is 6.28. The molecule has 2 aromatic rings. The summed E-state index contributed by atoms with van der Waals surface area (Å²) in [6.07, 6.45) is 5.38. The summed E-state index contributed by atoms with van der Waals surface area (Å²) in [5.74, 6) is -0.871. The summed E-state index contributed by atoms with van der Waals surface area (Å²) in [6.45, 7) is 2.06. The quantitative estimate of drug-likeness (QED) is 0.779. The lowest BCUT2D eigenvalue weighted by Gasteiger charge is -2.19. The first-order chi connectivity index (χ1) is 13.6. The third-order valence-electron chi connectivity index (χ3n) is 5.38. The van der Waals surface area contributed by atoms with Crippen LogP contribution in [0.1, 0.15) is 54.4 Å². The Morgan fingerprint density at radius 2 is 1.75 bits per heavy atom. The molecule has 0 radical (unpaired) electrons. The lowest BCUT2D eigenvalue weighted by molar-refractivity contribution is -0.122. The standard InChI is InChI=1S/C20H22N4O3S/c1-2-5-16-22-23-20(28-16)21-17(25)12-8-10-13(11-9-12)24-18(26)14-6-3-4-7-15(14)19(24)27/h8-11,14-15H,2-7H2,1H3,(H,21,23,25). The summed E-state index contributed by atoms with van der Waals surface area (Å²) < 4.78 is 0. The number of carbonyl (C=O) groups excluding carboxylic acids is 3. The van der Waals surface area contributed by atoms with Gasteiger partial charge in [0, 0.05) is 12.0 Å². The Kier molecular flexibility index (Phi) is 5.21. The molecule has 0 spiro atoms. The summed E-state index contributed by atoms with van der Waals surface area (Å²) in [4.78, 5) is 39.1. The number of anilines is 2. The van der Waals surface area contributed by atoms with E-state index in [1.807, 2.05) is 0 Å². The van der Waals surface area contributed by atoms with Gasteiger partial charge in [-0.3, -0.25) is 24.6 Å². The van der Waals surface area contributed by atoms with Crippen LogP contribution in [0.25, 0.3) is 0 Å². The molecule has 1 aliphatic carbocycles. The lowest BCUT2D eigenvalue weighted by Crippen LogP contribution is -2.30. The molecule has 3 amide bonds. The zero-order valence-electron chi connectivity index (χ0n) is 15.7. The normalized spacial score (nSPS) is 21.7. The summed E-state index contributed by atoms with van der Waals surface area (Å²) in [5, 5.41) is 12.1. The van der Waals surface area contributed by atoms with Gasteiger partial charge in [0.15, 0.2) is 0 Å². The fourth-order valence-electron chi connectivity index (χ4n) is 3.97. The molecule has 28 heavy (non-hydrogen) atoms. The summed E-state index contributed by atoms with van der Waals surface area (Å²) >= 11 is 1.36. The maximum Gasteiger partial charge on any atom is 0.257 e. The van der Waals surface area contributed by atoms with Crippen LogP contribution in [0.15, 0.2) is 24.3 Å². The largest absolute Gasteiger partial charge is 0.296 e. The first-order valence-electron chi connectivity index (χ1n) is 9.70. The number of nitrogens with one attached hydrogen (secondary N) is 1. The Morgan fingerprint density at radius 3 is 2.36 bits per heavy atom. The van der Waals surface area contributed by atoms with E-state index in [-0.39, 0.29) is 29.6 Å². The zero-order valence-corrected chi connectivity index (χ0v) is 16.5. The molecule has 0 bridgehead atoms. The van der Waals surface area contributed by atoms with Crippen molar-refractivity contribution in [2.45, 2.75) is 45.4 Å². The first-order valence-corrected chi connectivity index (χ1v) is 10.5. The summed E-state index contributed by atoms with van der Waals surface area (Å²) in [5.41, 5.74) is 0.967. The van der Waals surface area contributed by atoms with Crippen molar-refractivity contribution in [3.05, 3.63) is 34.8 Å². The number of fused-ring (bicyclic) bond motifs is 1. The Labute approximate surface area is 167 Å². The second-order valence-electron chi connectivity index (χ2n) is 7.26. The van der Waals surface area contributed by atoms with Gasteiger partial charge in [-0.15, -0.1) is 10.2 Å². The topological polar surface area (TPSA) is 92.3 Å². The number of aryl methyl sites for hydroxylation is 1. The maximum absolute atomic E-state index is 12.7. The lowest BCUT2D eigenvalue weighted by atomic mass is 9.81. The number of carbonyl (C=O) groups is 3. The molecule has 1 aliphatic heterocycles. The number of imide groups is 1. The molecular weight excluding hydrogens is 376 g/mol. The van der Waals surface area contributed by atoms with Crippen molar-refractivity contribution in [1.29, 1.82) is 0 Å². The Balaban J connectivity index is 1.46. The van der Waals surface area contributed by atoms with Gasteiger partial charge < -0.3 is 0 Å². The van der Waals surface area contributed by atoms with E-state index in [0.717, 1.165) is 43.5 Å². The highest BCUT2D eigenvalue weighted by Gasteiger charge is 2.48. The molecule has 4 rings (SSSR count). The van der Waals surface area contributed by atoms with E-state index in [1.54, 1.807) is 24.3 Å². The molecule has 2 fully saturated rings. The van der Waals surface area contributed by atoms with Gasteiger partial charge in [0.25, 0.3) is 5.91 Å². The van der Waals surface area contributed by atoms with Crippen LogP contribution in [0.4, 0.5) is 10.8 Å². The number of benzene rings is 1. The van der Waals surface area contributed by atoms with E-state index in [1.165, 1.54) is 16.2 Å². The molecule has 1 aromatic heterocycles. The average molecular weight is 398 g/mol. The van der Waals surface area contributed by atoms with E-state index >= 15 is 0 Å². The molecule has 1 N–H and O–H groups in total. The third kappa shape index (κ3) is 3.44. The van der Waals surface area contributed by atoms with E-state index < -0.39 is 0 Å². The highest BCUT2D eigenvalue weighted by Crippen LogP contribution is 2.40. The molecule has 1 saturated carbocycles. The first kappa shape index (κ1) is 18.7. The minimum absolute atomic E-state index is 0.107. The van der Waals surface area contributed by atoms with Crippen LogP contribution >= 0.6 is 11.3 Å². The van der Waals surface area contributed by atoms with Crippen molar-refractivity contribution in [2.24, 2.45) is 11.8 Å². The predicted molar refractivity (Wildman–Crippen MR) is 106 cm³/mol. The zero-order chi connectivity index (χ0) is 19.7. The average Bonchev–Trinajstić information content (AvgIpc) is 3.25. The van der Waals surface area contributed by atoms with Gasteiger partial charge in [-0.1, -0.05) is 31.1 Å². The minimum atomic E-state index is -0.293. The van der Waals surface area contributed by atoms with Gasteiger partial charge in [-0.05, 0) is 43.5 Å². The molecular formula is C20H22N4O3S.